The van der Waals surface area contributed by atoms with Crippen LogP contribution < -0.4 is 4.72 Å². The minimum atomic E-state index is -3.86. The molecule has 1 aliphatic rings. The molecule has 0 radical (unpaired) electrons. The number of nitrogens with one attached hydrogen (secondary N) is 1. The highest BCUT2D eigenvalue weighted by Gasteiger charge is 2.28. The molecule has 7 nitrogen and oxygen atoms in total. The predicted octanol–water partition coefficient (Wildman–Crippen LogP) is 2.31. The zero-order valence-electron chi connectivity index (χ0n) is 15.1. The molecule has 0 saturated heterocycles. The first-order valence-electron chi connectivity index (χ1n) is 8.55. The van der Waals surface area contributed by atoms with Gasteiger partial charge in [-0.2, -0.15) is 4.72 Å². The fourth-order valence-corrected chi connectivity index (χ4v) is 5.31. The molecule has 28 heavy (non-hydrogen) atoms. The second-order valence-corrected chi connectivity index (χ2v) is 9.98. The smallest absolute Gasteiger partial charge is 0.321 e. The number of benzene rings is 1. The van der Waals surface area contributed by atoms with Crippen LogP contribution in [0, 0.1) is 0 Å². The molecular weight excluding hydrogens is 468 g/mol. The largest absolute Gasteiger partial charge is 0.452 e. The number of hydrogen-bond acceptors (Lipinski definition) is 6. The van der Waals surface area contributed by atoms with Gasteiger partial charge in [0.2, 0.25) is 10.0 Å². The van der Waals surface area contributed by atoms with Gasteiger partial charge in [0.25, 0.3) is 5.91 Å². The lowest BCUT2D eigenvalue weighted by molar-refractivity contribution is -0.158. The molecule has 3 rings (SSSR count). The SMILES string of the molecule is CC(OC(=O)CNS(=O)(=O)c1cccc(Br)c1)C(=O)N1CCc2sccc2C1. The van der Waals surface area contributed by atoms with Crippen molar-refractivity contribution in [3.05, 3.63) is 50.6 Å². The Hall–Kier alpha value is -1.75. The van der Waals surface area contributed by atoms with E-state index in [4.69, 9.17) is 4.74 Å². The van der Waals surface area contributed by atoms with Crippen LogP contribution in [0.15, 0.2) is 45.1 Å². The van der Waals surface area contributed by atoms with Crippen LogP contribution in [-0.2, 0) is 37.3 Å². The minimum absolute atomic E-state index is 0.0266. The number of sulfonamides is 1. The Morgan fingerprint density at radius 1 is 1.36 bits per heavy atom. The Bertz CT molecular complexity index is 989. The molecule has 0 bridgehead atoms. The van der Waals surface area contributed by atoms with Crippen LogP contribution >= 0.6 is 27.3 Å². The Labute approximate surface area is 175 Å². The minimum Gasteiger partial charge on any atom is -0.452 e. The lowest BCUT2D eigenvalue weighted by Gasteiger charge is -2.29. The van der Waals surface area contributed by atoms with Gasteiger partial charge in [-0.15, -0.1) is 11.3 Å². The van der Waals surface area contributed by atoms with Crippen molar-refractivity contribution in [2.75, 3.05) is 13.1 Å². The quantitative estimate of drug-likeness (QED) is 0.632. The normalized spacial score (nSPS) is 15.0. The maximum absolute atomic E-state index is 12.5. The molecule has 1 amide bonds. The number of thiophene rings is 1. The highest BCUT2D eigenvalue weighted by Crippen LogP contribution is 2.24. The fourth-order valence-electron chi connectivity index (χ4n) is 2.85. The van der Waals surface area contributed by atoms with E-state index in [9.17, 15) is 18.0 Å². The van der Waals surface area contributed by atoms with Crippen molar-refractivity contribution in [3.63, 3.8) is 0 Å². The molecule has 2 aromatic rings. The molecule has 1 aliphatic heterocycles. The summed E-state index contributed by atoms with van der Waals surface area (Å²) >= 11 is 4.88. The number of esters is 1. The standard InChI is InChI=1S/C18H19BrN2O5S2/c1-12(18(23)21-7-5-16-13(11-21)6-8-27-16)26-17(22)10-20-28(24,25)15-4-2-3-14(19)9-15/h2-4,6,8-9,12,20H,5,7,10-11H2,1H3. The highest BCUT2D eigenvalue weighted by atomic mass is 79.9. The third-order valence-electron chi connectivity index (χ3n) is 4.29. The predicted molar refractivity (Wildman–Crippen MR) is 108 cm³/mol. The molecule has 1 atom stereocenters. The third-order valence-corrected chi connectivity index (χ3v) is 7.20. The summed E-state index contributed by atoms with van der Waals surface area (Å²) in [6, 6.07) is 8.11. The Balaban J connectivity index is 1.52. The number of ether oxygens (including phenoxy) is 1. The maximum atomic E-state index is 12.5. The summed E-state index contributed by atoms with van der Waals surface area (Å²) in [6.07, 6.45) is -0.200. The van der Waals surface area contributed by atoms with E-state index in [0.29, 0.717) is 17.6 Å². The fraction of sp³-hybridized carbons (Fsp3) is 0.333. The summed E-state index contributed by atoms with van der Waals surface area (Å²) in [6.45, 7) is 2.01. The molecule has 0 saturated carbocycles. The number of halogens is 1. The van der Waals surface area contributed by atoms with Crippen molar-refractivity contribution in [3.8, 4) is 0 Å². The van der Waals surface area contributed by atoms with Crippen molar-refractivity contribution in [2.45, 2.75) is 30.9 Å². The van der Waals surface area contributed by atoms with Crippen LogP contribution in [0.3, 0.4) is 0 Å². The van der Waals surface area contributed by atoms with Gasteiger partial charge in [-0.1, -0.05) is 22.0 Å². The lowest BCUT2D eigenvalue weighted by Crippen LogP contribution is -2.43. The molecule has 1 aromatic carbocycles. The average Bonchev–Trinajstić information content (AvgIpc) is 3.13. The van der Waals surface area contributed by atoms with E-state index in [2.05, 4.69) is 20.7 Å². The molecular formula is C18H19BrN2O5S2. The second kappa shape index (κ2) is 8.73. The summed E-state index contributed by atoms with van der Waals surface area (Å²) in [5, 5.41) is 2.00. The third kappa shape index (κ3) is 4.99. The summed E-state index contributed by atoms with van der Waals surface area (Å²) in [5.74, 6) is -1.10. The molecule has 10 heteroatoms. The van der Waals surface area contributed by atoms with E-state index in [1.165, 1.54) is 23.9 Å². The van der Waals surface area contributed by atoms with Gasteiger partial charge < -0.3 is 9.64 Å². The average molecular weight is 487 g/mol. The molecule has 1 unspecified atom stereocenters. The molecule has 150 valence electrons. The van der Waals surface area contributed by atoms with Crippen molar-refractivity contribution >= 4 is 49.2 Å². The van der Waals surface area contributed by atoms with Crippen LogP contribution in [0.4, 0.5) is 0 Å². The van der Waals surface area contributed by atoms with Gasteiger partial charge in [0.1, 0.15) is 6.54 Å². The van der Waals surface area contributed by atoms with E-state index in [1.807, 2.05) is 11.4 Å². The number of amides is 1. The monoisotopic (exact) mass is 486 g/mol. The molecule has 0 fully saturated rings. The topological polar surface area (TPSA) is 92.8 Å². The maximum Gasteiger partial charge on any atom is 0.321 e. The number of carbonyl (C=O) groups excluding carboxylic acids is 2. The number of fused-ring (bicyclic) bond motifs is 1. The van der Waals surface area contributed by atoms with E-state index < -0.39 is 28.6 Å². The van der Waals surface area contributed by atoms with Crippen LogP contribution in [0.2, 0.25) is 0 Å². The van der Waals surface area contributed by atoms with E-state index in [1.54, 1.807) is 28.4 Å². The first-order valence-corrected chi connectivity index (χ1v) is 11.7. The van der Waals surface area contributed by atoms with Gasteiger partial charge in [-0.25, -0.2) is 8.42 Å². The zero-order valence-corrected chi connectivity index (χ0v) is 18.3. The van der Waals surface area contributed by atoms with Crippen LogP contribution in [0.5, 0.6) is 0 Å². The van der Waals surface area contributed by atoms with Crippen LogP contribution in [-0.4, -0.2) is 44.4 Å². The number of nitrogens with zero attached hydrogens (tertiary/aromatic N) is 1. The molecule has 1 N–H and O–H groups in total. The molecule has 1 aromatic heterocycles. The van der Waals surface area contributed by atoms with E-state index in [-0.39, 0.29) is 10.8 Å². The van der Waals surface area contributed by atoms with Crippen LogP contribution in [0.25, 0.3) is 0 Å². The zero-order chi connectivity index (χ0) is 20.3. The summed E-state index contributed by atoms with van der Waals surface area (Å²) in [5.41, 5.74) is 1.12. The molecule has 0 spiro atoms. The number of carbonyl (C=O) groups is 2. The lowest BCUT2D eigenvalue weighted by atomic mass is 10.1. The van der Waals surface area contributed by atoms with Gasteiger partial charge in [-0.3, -0.25) is 9.59 Å². The van der Waals surface area contributed by atoms with Gasteiger partial charge >= 0.3 is 5.97 Å². The summed E-state index contributed by atoms with van der Waals surface area (Å²) < 4.78 is 32.4. The van der Waals surface area contributed by atoms with Gasteiger partial charge in [0.05, 0.1) is 4.90 Å². The van der Waals surface area contributed by atoms with Crippen molar-refractivity contribution < 1.29 is 22.7 Å². The Kier molecular flexibility index (Phi) is 6.54. The molecule has 2 heterocycles. The van der Waals surface area contributed by atoms with Gasteiger partial charge in [-0.05, 0) is 48.6 Å². The van der Waals surface area contributed by atoms with Crippen molar-refractivity contribution in [1.29, 1.82) is 0 Å². The summed E-state index contributed by atoms with van der Waals surface area (Å²) in [4.78, 5) is 27.5. The highest BCUT2D eigenvalue weighted by molar-refractivity contribution is 9.10. The number of hydrogen-bond donors (Lipinski definition) is 1. The van der Waals surface area contributed by atoms with Gasteiger partial charge in [0, 0.05) is 22.4 Å². The van der Waals surface area contributed by atoms with E-state index in [0.717, 1.165) is 12.0 Å². The van der Waals surface area contributed by atoms with Crippen LogP contribution in [0.1, 0.15) is 17.4 Å². The van der Waals surface area contributed by atoms with Crippen molar-refractivity contribution in [1.82, 2.24) is 9.62 Å². The number of rotatable bonds is 6. The van der Waals surface area contributed by atoms with Gasteiger partial charge in [0.15, 0.2) is 6.10 Å². The van der Waals surface area contributed by atoms with Crippen molar-refractivity contribution in [2.24, 2.45) is 0 Å². The molecule has 0 aliphatic carbocycles. The first-order chi connectivity index (χ1) is 13.3. The Morgan fingerprint density at radius 2 is 2.14 bits per heavy atom. The summed E-state index contributed by atoms with van der Waals surface area (Å²) in [7, 11) is -3.86. The Morgan fingerprint density at radius 3 is 2.89 bits per heavy atom. The van der Waals surface area contributed by atoms with E-state index >= 15 is 0 Å². The second-order valence-electron chi connectivity index (χ2n) is 6.29. The first kappa shape index (κ1) is 21.0.